The number of allylic oxidation sites excluding steroid dienone is 3. The zero-order valence-electron chi connectivity index (χ0n) is 6.29. The number of hydrogen-bond donors (Lipinski definition) is 1. The number of hydrogen-bond acceptors (Lipinski definition) is 2. The lowest BCUT2D eigenvalue weighted by atomic mass is 9.94. The molecule has 0 amide bonds. The molecule has 1 fully saturated rings. The van der Waals surface area contributed by atoms with Crippen LogP contribution >= 0.6 is 0 Å². The van der Waals surface area contributed by atoms with E-state index in [-0.39, 0.29) is 11.8 Å². The lowest BCUT2D eigenvalue weighted by molar-refractivity contribution is -0.115. The van der Waals surface area contributed by atoms with Crippen LogP contribution in [0, 0.1) is 5.92 Å². The molecule has 2 N–H and O–H groups in total. The van der Waals surface area contributed by atoms with E-state index in [1.165, 1.54) is 0 Å². The number of rotatable bonds is 0. The van der Waals surface area contributed by atoms with Crippen LogP contribution in [0.5, 0.6) is 0 Å². The van der Waals surface area contributed by atoms with Gasteiger partial charge in [0.1, 0.15) is 0 Å². The Labute approximate surface area is 65.8 Å². The molecule has 0 spiro atoms. The molecule has 0 saturated heterocycles. The summed E-state index contributed by atoms with van der Waals surface area (Å²) in [5.74, 6) is 0.571. The van der Waals surface area contributed by atoms with Gasteiger partial charge in [0.2, 0.25) is 0 Å². The van der Waals surface area contributed by atoms with Crippen LogP contribution in [-0.2, 0) is 4.79 Å². The van der Waals surface area contributed by atoms with E-state index in [4.69, 9.17) is 5.73 Å². The number of carbonyl (C=O) groups excluding carboxylic acids is 1. The third-order valence-electron chi connectivity index (χ3n) is 2.43. The zero-order chi connectivity index (χ0) is 7.84. The summed E-state index contributed by atoms with van der Waals surface area (Å²) in [6, 6.07) is -0.230. The number of nitrogens with two attached hydrogens (primary N) is 1. The zero-order valence-corrected chi connectivity index (χ0v) is 6.29. The average molecular weight is 149 g/mol. The van der Waals surface area contributed by atoms with Gasteiger partial charge in [-0.05, 0) is 18.8 Å². The summed E-state index contributed by atoms with van der Waals surface area (Å²) in [6.07, 6.45) is 7.78. The van der Waals surface area contributed by atoms with Gasteiger partial charge in [-0.1, -0.05) is 18.2 Å². The molecule has 11 heavy (non-hydrogen) atoms. The molecule has 2 heteroatoms. The Kier molecular flexibility index (Phi) is 1.43. The van der Waals surface area contributed by atoms with Crippen molar-refractivity contribution in [1.82, 2.24) is 0 Å². The van der Waals surface area contributed by atoms with Crippen molar-refractivity contribution in [1.29, 1.82) is 0 Å². The van der Waals surface area contributed by atoms with E-state index in [1.807, 2.05) is 12.2 Å². The predicted molar refractivity (Wildman–Crippen MR) is 42.9 cm³/mol. The van der Waals surface area contributed by atoms with Crippen molar-refractivity contribution in [2.75, 3.05) is 0 Å². The standard InChI is InChI=1S/C9H11NO/c10-8-5-6-3-1-2-4-7(6)9(8)11/h1-2,4,6,8H,3,5,10H2. The maximum Gasteiger partial charge on any atom is 0.175 e. The Balaban J connectivity index is 2.33. The lowest BCUT2D eigenvalue weighted by Crippen LogP contribution is -2.24. The summed E-state index contributed by atoms with van der Waals surface area (Å²) in [5.41, 5.74) is 6.56. The van der Waals surface area contributed by atoms with E-state index >= 15 is 0 Å². The van der Waals surface area contributed by atoms with E-state index in [1.54, 1.807) is 0 Å². The molecule has 2 aliphatic carbocycles. The fraction of sp³-hybridized carbons (Fsp3) is 0.444. The smallest absolute Gasteiger partial charge is 0.175 e. The second-order valence-corrected chi connectivity index (χ2v) is 3.19. The molecule has 2 nitrogen and oxygen atoms in total. The number of fused-ring (bicyclic) bond motifs is 1. The molecule has 2 atom stereocenters. The Morgan fingerprint density at radius 2 is 2.36 bits per heavy atom. The van der Waals surface area contributed by atoms with E-state index < -0.39 is 0 Å². The third-order valence-corrected chi connectivity index (χ3v) is 2.43. The maximum absolute atomic E-state index is 11.3. The Morgan fingerprint density at radius 3 is 3.09 bits per heavy atom. The highest BCUT2D eigenvalue weighted by atomic mass is 16.1. The molecule has 0 radical (unpaired) electrons. The van der Waals surface area contributed by atoms with Crippen molar-refractivity contribution in [2.24, 2.45) is 11.7 Å². The maximum atomic E-state index is 11.3. The minimum Gasteiger partial charge on any atom is -0.321 e. The highest BCUT2D eigenvalue weighted by Gasteiger charge is 2.34. The largest absolute Gasteiger partial charge is 0.321 e. The van der Waals surface area contributed by atoms with Gasteiger partial charge in [0.25, 0.3) is 0 Å². The minimum atomic E-state index is -0.230. The minimum absolute atomic E-state index is 0.152. The molecular formula is C9H11NO. The molecule has 58 valence electrons. The highest BCUT2D eigenvalue weighted by molar-refractivity contribution is 6.02. The molecular weight excluding hydrogens is 138 g/mol. The van der Waals surface area contributed by atoms with Crippen molar-refractivity contribution in [3.8, 4) is 0 Å². The van der Waals surface area contributed by atoms with Crippen LogP contribution in [-0.4, -0.2) is 11.8 Å². The first kappa shape index (κ1) is 6.80. The van der Waals surface area contributed by atoms with E-state index in [0.29, 0.717) is 5.92 Å². The molecule has 0 aromatic rings. The first-order valence-electron chi connectivity index (χ1n) is 3.95. The summed E-state index contributed by atoms with van der Waals surface area (Å²) in [4.78, 5) is 11.3. The fourth-order valence-corrected chi connectivity index (χ4v) is 1.81. The van der Waals surface area contributed by atoms with Gasteiger partial charge >= 0.3 is 0 Å². The molecule has 0 heterocycles. The molecule has 2 aliphatic rings. The van der Waals surface area contributed by atoms with Gasteiger partial charge in [0, 0.05) is 5.57 Å². The van der Waals surface area contributed by atoms with Gasteiger partial charge in [-0.3, -0.25) is 4.79 Å². The molecule has 2 unspecified atom stereocenters. The summed E-state index contributed by atoms with van der Waals surface area (Å²) in [6.45, 7) is 0. The summed E-state index contributed by atoms with van der Waals surface area (Å²) in [5, 5.41) is 0. The first-order chi connectivity index (χ1) is 5.29. The van der Waals surface area contributed by atoms with Gasteiger partial charge in [-0.15, -0.1) is 0 Å². The Bertz CT molecular complexity index is 252. The van der Waals surface area contributed by atoms with Crippen LogP contribution in [0.25, 0.3) is 0 Å². The van der Waals surface area contributed by atoms with E-state index in [2.05, 4.69) is 6.08 Å². The second kappa shape index (κ2) is 2.31. The average Bonchev–Trinajstić information content (AvgIpc) is 2.30. The van der Waals surface area contributed by atoms with Crippen LogP contribution in [0.3, 0.4) is 0 Å². The quantitative estimate of drug-likeness (QED) is 0.553. The van der Waals surface area contributed by atoms with Gasteiger partial charge < -0.3 is 5.73 Å². The first-order valence-corrected chi connectivity index (χ1v) is 3.95. The van der Waals surface area contributed by atoms with Crippen LogP contribution in [0.2, 0.25) is 0 Å². The van der Waals surface area contributed by atoms with Gasteiger partial charge in [0.05, 0.1) is 6.04 Å². The van der Waals surface area contributed by atoms with Gasteiger partial charge in [-0.25, -0.2) is 0 Å². The Morgan fingerprint density at radius 1 is 1.55 bits per heavy atom. The molecule has 0 aliphatic heterocycles. The highest BCUT2D eigenvalue weighted by Crippen LogP contribution is 2.32. The Hall–Kier alpha value is -0.890. The van der Waals surface area contributed by atoms with Crippen molar-refractivity contribution >= 4 is 5.78 Å². The van der Waals surface area contributed by atoms with Gasteiger partial charge in [-0.2, -0.15) is 0 Å². The lowest BCUT2D eigenvalue weighted by Gasteiger charge is -2.09. The topological polar surface area (TPSA) is 43.1 Å². The molecule has 0 aromatic heterocycles. The molecule has 1 saturated carbocycles. The van der Waals surface area contributed by atoms with Crippen molar-refractivity contribution in [2.45, 2.75) is 18.9 Å². The van der Waals surface area contributed by atoms with Crippen molar-refractivity contribution in [3.05, 3.63) is 23.8 Å². The van der Waals surface area contributed by atoms with Crippen LogP contribution in [0.4, 0.5) is 0 Å². The van der Waals surface area contributed by atoms with Crippen LogP contribution in [0.15, 0.2) is 23.8 Å². The normalized spacial score (nSPS) is 35.4. The fourth-order valence-electron chi connectivity index (χ4n) is 1.81. The number of Topliss-reactive ketones (excluding diaryl/α,β-unsaturated/α-hetero) is 1. The van der Waals surface area contributed by atoms with Crippen LogP contribution < -0.4 is 5.73 Å². The van der Waals surface area contributed by atoms with Gasteiger partial charge in [0.15, 0.2) is 5.78 Å². The number of ketones is 1. The predicted octanol–water partition coefficient (Wildman–Crippen LogP) is 0.789. The van der Waals surface area contributed by atoms with Crippen molar-refractivity contribution < 1.29 is 4.79 Å². The summed E-state index contributed by atoms with van der Waals surface area (Å²) >= 11 is 0. The third kappa shape index (κ3) is 0.942. The van der Waals surface area contributed by atoms with Crippen LogP contribution in [0.1, 0.15) is 12.8 Å². The number of carbonyl (C=O) groups is 1. The molecule has 2 rings (SSSR count). The summed E-state index contributed by atoms with van der Waals surface area (Å²) < 4.78 is 0. The molecule has 0 aromatic carbocycles. The summed E-state index contributed by atoms with van der Waals surface area (Å²) in [7, 11) is 0. The van der Waals surface area contributed by atoms with E-state index in [9.17, 15) is 4.79 Å². The molecule has 0 bridgehead atoms. The SMILES string of the molecule is NC1CC2CC=CC=C2C1=O. The van der Waals surface area contributed by atoms with E-state index in [0.717, 1.165) is 18.4 Å². The monoisotopic (exact) mass is 149 g/mol. The second-order valence-electron chi connectivity index (χ2n) is 3.19. The van der Waals surface area contributed by atoms with Crippen molar-refractivity contribution in [3.63, 3.8) is 0 Å².